The lowest BCUT2D eigenvalue weighted by Gasteiger charge is -2.35. The number of aryl methyl sites for hydroxylation is 1. The number of nitrogens with zero attached hydrogens (tertiary/aromatic N) is 4. The molecule has 28 heavy (non-hydrogen) atoms. The zero-order chi connectivity index (χ0) is 19.8. The minimum Gasteiger partial charge on any atom is -0.492 e. The van der Waals surface area contributed by atoms with Gasteiger partial charge in [0.15, 0.2) is 0 Å². The molecule has 1 aromatic heterocycles. The number of anilines is 1. The van der Waals surface area contributed by atoms with Gasteiger partial charge in [0.05, 0.1) is 18.7 Å². The van der Waals surface area contributed by atoms with Crippen molar-refractivity contribution in [2.75, 3.05) is 50.8 Å². The fourth-order valence-electron chi connectivity index (χ4n) is 3.18. The van der Waals surface area contributed by atoms with Gasteiger partial charge in [-0.2, -0.15) is 5.26 Å². The zero-order valence-electron chi connectivity index (χ0n) is 16.1. The van der Waals surface area contributed by atoms with E-state index in [-0.39, 0.29) is 5.91 Å². The maximum absolute atomic E-state index is 12.2. The van der Waals surface area contributed by atoms with Crippen LogP contribution >= 0.6 is 0 Å². The molecule has 1 fully saturated rings. The van der Waals surface area contributed by atoms with Gasteiger partial charge in [0.2, 0.25) is 5.91 Å². The van der Waals surface area contributed by atoms with Crippen molar-refractivity contribution < 1.29 is 9.53 Å². The molecule has 1 aromatic carbocycles. The molecule has 1 N–H and O–H groups in total. The zero-order valence-corrected chi connectivity index (χ0v) is 16.1. The first-order chi connectivity index (χ1) is 13.7. The fourth-order valence-corrected chi connectivity index (χ4v) is 3.18. The van der Waals surface area contributed by atoms with E-state index in [1.165, 1.54) is 0 Å². The predicted octanol–water partition coefficient (Wildman–Crippen LogP) is 1.58. The van der Waals surface area contributed by atoms with E-state index in [1.54, 1.807) is 18.3 Å². The largest absolute Gasteiger partial charge is 0.492 e. The summed E-state index contributed by atoms with van der Waals surface area (Å²) >= 11 is 0. The van der Waals surface area contributed by atoms with E-state index in [9.17, 15) is 10.1 Å². The van der Waals surface area contributed by atoms with Crippen LogP contribution in [0, 0.1) is 18.3 Å². The van der Waals surface area contributed by atoms with Crippen LogP contribution in [0.15, 0.2) is 42.6 Å². The Kier molecular flexibility index (Phi) is 6.82. The molecule has 0 atom stereocenters. The van der Waals surface area contributed by atoms with Crippen molar-refractivity contribution >= 4 is 11.7 Å². The molecule has 0 bridgehead atoms. The Morgan fingerprint density at radius 2 is 2.07 bits per heavy atom. The second-order valence-electron chi connectivity index (χ2n) is 6.76. The number of rotatable bonds is 7. The molecule has 3 rings (SSSR count). The van der Waals surface area contributed by atoms with Crippen molar-refractivity contribution in [3.05, 3.63) is 53.7 Å². The smallest absolute Gasteiger partial charge is 0.234 e. The molecule has 146 valence electrons. The van der Waals surface area contributed by atoms with Crippen LogP contribution in [0.2, 0.25) is 0 Å². The SMILES string of the molecule is Cc1cccc(OCCNC(=O)CN2CCN(c3ncccc3C#N)CC2)c1. The number of pyridine rings is 1. The minimum atomic E-state index is -0.00292. The molecule has 1 saturated heterocycles. The Morgan fingerprint density at radius 3 is 2.82 bits per heavy atom. The summed E-state index contributed by atoms with van der Waals surface area (Å²) in [6.45, 7) is 6.31. The maximum atomic E-state index is 12.2. The van der Waals surface area contributed by atoms with E-state index in [2.05, 4.69) is 26.2 Å². The van der Waals surface area contributed by atoms with Crippen LogP contribution in [-0.2, 0) is 4.79 Å². The lowest BCUT2D eigenvalue weighted by atomic mass is 10.2. The Hall–Kier alpha value is -3.11. The number of hydrogen-bond acceptors (Lipinski definition) is 6. The Labute approximate surface area is 165 Å². The number of amides is 1. The summed E-state index contributed by atoms with van der Waals surface area (Å²) in [5.74, 6) is 1.54. The topological polar surface area (TPSA) is 81.5 Å². The minimum absolute atomic E-state index is 0.00292. The standard InChI is InChI=1S/C21H25N5O2/c1-17-4-2-6-19(14-17)28-13-8-23-20(27)16-25-9-11-26(12-10-25)21-18(15-22)5-3-7-24-21/h2-7,14H,8-13,16H2,1H3,(H,23,27). The van der Waals surface area contributed by atoms with Gasteiger partial charge in [0.1, 0.15) is 24.2 Å². The summed E-state index contributed by atoms with van der Waals surface area (Å²) < 4.78 is 5.64. The van der Waals surface area contributed by atoms with Crippen LogP contribution in [0.3, 0.4) is 0 Å². The maximum Gasteiger partial charge on any atom is 0.234 e. The molecular formula is C21H25N5O2. The van der Waals surface area contributed by atoms with Crippen molar-refractivity contribution in [2.24, 2.45) is 0 Å². The number of carbonyl (C=O) groups is 1. The van der Waals surface area contributed by atoms with Crippen LogP contribution in [0.4, 0.5) is 5.82 Å². The lowest BCUT2D eigenvalue weighted by molar-refractivity contribution is -0.122. The molecule has 1 aliphatic rings. The highest BCUT2D eigenvalue weighted by Gasteiger charge is 2.21. The average Bonchev–Trinajstić information content (AvgIpc) is 2.72. The fraction of sp³-hybridized carbons (Fsp3) is 0.381. The quantitative estimate of drug-likeness (QED) is 0.736. The van der Waals surface area contributed by atoms with Gasteiger partial charge in [-0.1, -0.05) is 12.1 Å². The summed E-state index contributed by atoms with van der Waals surface area (Å²) in [4.78, 5) is 20.7. The predicted molar refractivity (Wildman–Crippen MR) is 107 cm³/mol. The third-order valence-electron chi connectivity index (χ3n) is 4.63. The first kappa shape index (κ1) is 19.6. The number of ether oxygens (including phenoxy) is 1. The van der Waals surface area contributed by atoms with Crippen molar-refractivity contribution in [3.63, 3.8) is 0 Å². The van der Waals surface area contributed by atoms with Crippen LogP contribution < -0.4 is 15.0 Å². The molecule has 0 aliphatic carbocycles. The highest BCUT2D eigenvalue weighted by atomic mass is 16.5. The van der Waals surface area contributed by atoms with Crippen molar-refractivity contribution in [1.82, 2.24) is 15.2 Å². The number of nitrogens with one attached hydrogen (secondary N) is 1. The highest BCUT2D eigenvalue weighted by molar-refractivity contribution is 5.78. The summed E-state index contributed by atoms with van der Waals surface area (Å²) in [5.41, 5.74) is 1.73. The van der Waals surface area contributed by atoms with Crippen molar-refractivity contribution in [3.8, 4) is 11.8 Å². The van der Waals surface area contributed by atoms with Crippen LogP contribution in [0.5, 0.6) is 5.75 Å². The van der Waals surface area contributed by atoms with Gasteiger partial charge in [-0.3, -0.25) is 9.69 Å². The van der Waals surface area contributed by atoms with Crippen LogP contribution in [0.25, 0.3) is 0 Å². The number of benzene rings is 1. The monoisotopic (exact) mass is 379 g/mol. The molecule has 7 heteroatoms. The van der Waals surface area contributed by atoms with Gasteiger partial charge in [-0.25, -0.2) is 4.98 Å². The first-order valence-corrected chi connectivity index (χ1v) is 9.44. The molecule has 2 heterocycles. The lowest BCUT2D eigenvalue weighted by Crippen LogP contribution is -2.50. The second-order valence-corrected chi connectivity index (χ2v) is 6.76. The normalized spacial score (nSPS) is 14.4. The molecule has 7 nitrogen and oxygen atoms in total. The molecule has 0 unspecified atom stereocenters. The van der Waals surface area contributed by atoms with Gasteiger partial charge in [-0.15, -0.1) is 0 Å². The second kappa shape index (κ2) is 9.72. The van der Waals surface area contributed by atoms with E-state index in [1.807, 2.05) is 31.2 Å². The first-order valence-electron chi connectivity index (χ1n) is 9.44. The number of piperazine rings is 1. The van der Waals surface area contributed by atoms with Gasteiger partial charge in [-0.05, 0) is 36.8 Å². The van der Waals surface area contributed by atoms with Gasteiger partial charge >= 0.3 is 0 Å². The van der Waals surface area contributed by atoms with Gasteiger partial charge in [0, 0.05) is 32.4 Å². The Morgan fingerprint density at radius 1 is 1.25 bits per heavy atom. The third kappa shape index (κ3) is 5.44. The number of hydrogen-bond donors (Lipinski definition) is 1. The Bertz CT molecular complexity index is 841. The molecule has 0 radical (unpaired) electrons. The van der Waals surface area contributed by atoms with E-state index < -0.39 is 0 Å². The van der Waals surface area contributed by atoms with Crippen LogP contribution in [0.1, 0.15) is 11.1 Å². The molecule has 2 aromatic rings. The van der Waals surface area contributed by atoms with E-state index in [0.717, 1.165) is 43.3 Å². The number of nitriles is 1. The number of aromatic nitrogens is 1. The van der Waals surface area contributed by atoms with E-state index in [4.69, 9.17) is 4.74 Å². The van der Waals surface area contributed by atoms with Crippen molar-refractivity contribution in [2.45, 2.75) is 6.92 Å². The van der Waals surface area contributed by atoms with Crippen molar-refractivity contribution in [1.29, 1.82) is 5.26 Å². The highest BCUT2D eigenvalue weighted by Crippen LogP contribution is 2.17. The van der Waals surface area contributed by atoms with Crippen LogP contribution in [-0.4, -0.2) is 61.7 Å². The van der Waals surface area contributed by atoms with Gasteiger partial charge < -0.3 is 15.0 Å². The summed E-state index contributed by atoms with van der Waals surface area (Å²) in [5, 5.41) is 12.1. The molecule has 1 amide bonds. The van der Waals surface area contributed by atoms with E-state index in [0.29, 0.717) is 25.3 Å². The Balaban J connectivity index is 1.36. The summed E-state index contributed by atoms with van der Waals surface area (Å²) in [6, 6.07) is 13.6. The van der Waals surface area contributed by atoms with E-state index >= 15 is 0 Å². The molecular weight excluding hydrogens is 354 g/mol. The van der Waals surface area contributed by atoms with Gasteiger partial charge in [0.25, 0.3) is 0 Å². The third-order valence-corrected chi connectivity index (χ3v) is 4.63. The number of carbonyl (C=O) groups excluding carboxylic acids is 1. The average molecular weight is 379 g/mol. The summed E-state index contributed by atoms with van der Waals surface area (Å²) in [7, 11) is 0. The summed E-state index contributed by atoms with van der Waals surface area (Å²) in [6.07, 6.45) is 1.70. The molecule has 0 spiro atoms. The molecule has 1 aliphatic heterocycles. The molecule has 0 saturated carbocycles.